The molecule has 2 rings (SSSR count). The van der Waals surface area contributed by atoms with Crippen molar-refractivity contribution in [3.05, 3.63) is 60.7 Å². The highest BCUT2D eigenvalue weighted by Gasteiger charge is 2.28. The highest BCUT2D eigenvalue weighted by molar-refractivity contribution is 7.86. The van der Waals surface area contributed by atoms with E-state index in [0.717, 1.165) is 5.69 Å². The summed E-state index contributed by atoms with van der Waals surface area (Å²) in [6, 6.07) is 18.1. The molecule has 1 unspecified atom stereocenters. The molecular formula is C13H13ClNO2P. The smallest absolute Gasteiger partial charge is 0.418 e. The van der Waals surface area contributed by atoms with E-state index in [2.05, 4.69) is 0 Å². The molecular weight excluding hydrogens is 269 g/mol. The lowest BCUT2D eigenvalue weighted by molar-refractivity contribution is 0.496. The molecule has 0 saturated carbocycles. The van der Waals surface area contributed by atoms with E-state index in [1.165, 1.54) is 4.67 Å². The molecule has 2 aromatic carbocycles. The second-order valence-corrected chi connectivity index (χ2v) is 6.68. The van der Waals surface area contributed by atoms with Crippen molar-refractivity contribution in [1.82, 2.24) is 0 Å². The molecule has 0 aliphatic heterocycles. The van der Waals surface area contributed by atoms with Crippen molar-refractivity contribution in [1.29, 1.82) is 0 Å². The lowest BCUT2D eigenvalue weighted by atomic mass is 10.3. The average molecular weight is 282 g/mol. The molecule has 1 atom stereocenters. The summed E-state index contributed by atoms with van der Waals surface area (Å²) < 4.78 is 19.2. The summed E-state index contributed by atoms with van der Waals surface area (Å²) in [5, 5.41) is 0. The van der Waals surface area contributed by atoms with Gasteiger partial charge in [0.05, 0.1) is 0 Å². The van der Waals surface area contributed by atoms with Crippen LogP contribution in [0.3, 0.4) is 0 Å². The van der Waals surface area contributed by atoms with Crippen LogP contribution in [-0.4, -0.2) is 7.05 Å². The molecule has 0 radical (unpaired) electrons. The summed E-state index contributed by atoms with van der Waals surface area (Å²) in [4.78, 5) is 0. The second-order valence-electron chi connectivity index (χ2n) is 3.71. The first-order valence-corrected chi connectivity index (χ1v) is 7.91. The SMILES string of the molecule is CN(c1ccccc1)P(=O)(Cl)Oc1ccccc1. The molecule has 0 bridgehead atoms. The van der Waals surface area contributed by atoms with E-state index < -0.39 is 6.87 Å². The Labute approximate surface area is 111 Å². The third-order valence-corrected chi connectivity index (χ3v) is 4.72. The van der Waals surface area contributed by atoms with Crippen LogP contribution in [0.25, 0.3) is 0 Å². The lowest BCUT2D eigenvalue weighted by Crippen LogP contribution is -2.13. The molecule has 0 N–H and O–H groups in total. The summed E-state index contributed by atoms with van der Waals surface area (Å²) in [5.74, 6) is 0.485. The fraction of sp³-hybridized carbons (Fsp3) is 0.0769. The molecule has 0 aromatic heterocycles. The highest BCUT2D eigenvalue weighted by atomic mass is 35.7. The van der Waals surface area contributed by atoms with E-state index in [9.17, 15) is 4.57 Å². The zero-order chi connectivity index (χ0) is 13.0. The van der Waals surface area contributed by atoms with Gasteiger partial charge in [0.25, 0.3) is 0 Å². The number of hydrogen-bond donors (Lipinski definition) is 0. The van der Waals surface area contributed by atoms with Crippen molar-refractivity contribution in [3.8, 4) is 5.75 Å². The van der Waals surface area contributed by atoms with Crippen LogP contribution >= 0.6 is 18.1 Å². The first-order chi connectivity index (χ1) is 8.59. The normalized spacial score (nSPS) is 13.7. The van der Waals surface area contributed by atoms with Crippen LogP contribution in [0, 0.1) is 0 Å². The fourth-order valence-corrected chi connectivity index (χ4v) is 2.87. The van der Waals surface area contributed by atoms with E-state index in [4.69, 9.17) is 15.8 Å². The molecule has 0 saturated heterocycles. The number of nitrogens with zero attached hydrogens (tertiary/aromatic N) is 1. The van der Waals surface area contributed by atoms with Gasteiger partial charge in [-0.05, 0) is 24.3 Å². The number of rotatable bonds is 4. The third kappa shape index (κ3) is 3.06. The van der Waals surface area contributed by atoms with Crippen molar-refractivity contribution in [3.63, 3.8) is 0 Å². The van der Waals surface area contributed by atoms with Gasteiger partial charge in [0.15, 0.2) is 0 Å². The minimum atomic E-state index is -3.42. The van der Waals surface area contributed by atoms with Crippen LogP contribution in [0.1, 0.15) is 0 Å². The van der Waals surface area contributed by atoms with Crippen molar-refractivity contribution in [2.24, 2.45) is 0 Å². The maximum atomic E-state index is 12.4. The van der Waals surface area contributed by atoms with Crippen molar-refractivity contribution in [2.45, 2.75) is 0 Å². The Morgan fingerprint density at radius 1 is 1.00 bits per heavy atom. The quantitative estimate of drug-likeness (QED) is 0.770. The molecule has 94 valence electrons. The Balaban J connectivity index is 2.19. The molecule has 5 heteroatoms. The number of hydrogen-bond acceptors (Lipinski definition) is 2. The lowest BCUT2D eigenvalue weighted by Gasteiger charge is -2.24. The zero-order valence-electron chi connectivity index (χ0n) is 9.86. The van der Waals surface area contributed by atoms with E-state index in [-0.39, 0.29) is 0 Å². The molecule has 0 fully saturated rings. The summed E-state index contributed by atoms with van der Waals surface area (Å²) in [6.07, 6.45) is 0. The predicted octanol–water partition coefficient (Wildman–Crippen LogP) is 4.55. The predicted molar refractivity (Wildman–Crippen MR) is 75.4 cm³/mol. The van der Waals surface area contributed by atoms with Gasteiger partial charge in [0.1, 0.15) is 5.75 Å². The van der Waals surface area contributed by atoms with Crippen LogP contribution in [0.5, 0.6) is 5.75 Å². The standard InChI is InChI=1S/C13H13ClNO2P/c1-15(12-8-4-2-5-9-12)18(14,16)17-13-10-6-3-7-11-13/h2-11H,1H3. The van der Waals surface area contributed by atoms with Crippen molar-refractivity contribution in [2.75, 3.05) is 11.7 Å². The van der Waals surface area contributed by atoms with Gasteiger partial charge >= 0.3 is 6.87 Å². The molecule has 2 aromatic rings. The van der Waals surface area contributed by atoms with Gasteiger partial charge < -0.3 is 4.52 Å². The van der Waals surface area contributed by atoms with Gasteiger partial charge in [-0.15, -0.1) is 0 Å². The van der Waals surface area contributed by atoms with Crippen LogP contribution in [0.15, 0.2) is 60.7 Å². The summed E-state index contributed by atoms with van der Waals surface area (Å²) in [6.45, 7) is -3.42. The summed E-state index contributed by atoms with van der Waals surface area (Å²) in [7, 11) is 1.64. The second kappa shape index (κ2) is 5.47. The third-order valence-electron chi connectivity index (χ3n) is 2.45. The van der Waals surface area contributed by atoms with Crippen LogP contribution in [-0.2, 0) is 4.57 Å². The van der Waals surface area contributed by atoms with E-state index >= 15 is 0 Å². The van der Waals surface area contributed by atoms with Crippen molar-refractivity contribution < 1.29 is 9.09 Å². The molecule has 0 spiro atoms. The molecule has 3 nitrogen and oxygen atoms in total. The summed E-state index contributed by atoms with van der Waals surface area (Å²) in [5.41, 5.74) is 0.742. The van der Waals surface area contributed by atoms with E-state index in [0.29, 0.717) is 5.75 Å². The zero-order valence-corrected chi connectivity index (χ0v) is 11.5. The van der Waals surface area contributed by atoms with Crippen LogP contribution in [0.4, 0.5) is 5.69 Å². The molecule has 0 aliphatic carbocycles. The number of benzene rings is 2. The maximum absolute atomic E-state index is 12.4. The largest absolute Gasteiger partial charge is 0.437 e. The molecule has 0 amide bonds. The van der Waals surface area contributed by atoms with Gasteiger partial charge in [0.2, 0.25) is 0 Å². The number of halogens is 1. The Morgan fingerprint density at radius 2 is 1.50 bits per heavy atom. The number of anilines is 1. The van der Waals surface area contributed by atoms with E-state index in [1.54, 1.807) is 31.3 Å². The highest BCUT2D eigenvalue weighted by Crippen LogP contribution is 2.56. The topological polar surface area (TPSA) is 29.5 Å². The first kappa shape index (κ1) is 13.0. The first-order valence-electron chi connectivity index (χ1n) is 5.43. The Kier molecular flexibility index (Phi) is 3.95. The van der Waals surface area contributed by atoms with Gasteiger partial charge in [-0.2, -0.15) is 0 Å². The Hall–Kier alpha value is -1.44. The number of para-hydroxylation sites is 2. The Bertz CT molecular complexity index is 547. The molecule has 18 heavy (non-hydrogen) atoms. The van der Waals surface area contributed by atoms with Crippen LogP contribution < -0.4 is 9.19 Å². The Morgan fingerprint density at radius 3 is 2.06 bits per heavy atom. The van der Waals surface area contributed by atoms with Gasteiger partial charge in [-0.3, -0.25) is 4.67 Å². The van der Waals surface area contributed by atoms with Gasteiger partial charge in [0, 0.05) is 24.0 Å². The van der Waals surface area contributed by atoms with Crippen molar-refractivity contribution >= 4 is 23.8 Å². The minimum absolute atomic E-state index is 0.485. The summed E-state index contributed by atoms with van der Waals surface area (Å²) >= 11 is 6.01. The van der Waals surface area contributed by atoms with E-state index in [1.807, 2.05) is 36.4 Å². The maximum Gasteiger partial charge on any atom is 0.437 e. The van der Waals surface area contributed by atoms with Gasteiger partial charge in [-0.1, -0.05) is 36.4 Å². The van der Waals surface area contributed by atoms with Gasteiger partial charge in [-0.25, -0.2) is 4.57 Å². The monoisotopic (exact) mass is 281 g/mol. The molecule has 0 aliphatic rings. The van der Waals surface area contributed by atoms with Crippen LogP contribution in [0.2, 0.25) is 0 Å². The fourth-order valence-electron chi connectivity index (χ4n) is 1.45. The molecule has 0 heterocycles. The average Bonchev–Trinajstić information content (AvgIpc) is 2.39. The minimum Gasteiger partial charge on any atom is -0.418 e.